The molecule has 0 spiro atoms. The van der Waals surface area contributed by atoms with E-state index in [4.69, 9.17) is 4.74 Å². The van der Waals surface area contributed by atoms with E-state index < -0.39 is 0 Å². The Balaban J connectivity index is 2.22. The first-order chi connectivity index (χ1) is 7.97. The highest BCUT2D eigenvalue weighted by molar-refractivity contribution is 7.11. The third kappa shape index (κ3) is 2.71. The van der Waals surface area contributed by atoms with Gasteiger partial charge in [-0.2, -0.15) is 0 Å². The van der Waals surface area contributed by atoms with Crippen LogP contribution >= 0.6 is 11.3 Å². The maximum Gasteiger partial charge on any atom is 0.125 e. The van der Waals surface area contributed by atoms with Crippen molar-refractivity contribution >= 4 is 11.3 Å². The molecular formula is C14H23NOS. The van der Waals surface area contributed by atoms with E-state index in [-0.39, 0.29) is 5.60 Å². The van der Waals surface area contributed by atoms with Crippen molar-refractivity contribution in [3.05, 3.63) is 16.1 Å². The van der Waals surface area contributed by atoms with Gasteiger partial charge < -0.3 is 4.74 Å². The van der Waals surface area contributed by atoms with E-state index in [9.17, 15) is 0 Å². The molecule has 17 heavy (non-hydrogen) atoms. The first-order valence-electron chi connectivity index (χ1n) is 6.54. The second-order valence-corrected chi connectivity index (χ2v) is 7.10. The molecule has 0 radical (unpaired) electrons. The summed E-state index contributed by atoms with van der Waals surface area (Å²) in [5.74, 6) is 0. The van der Waals surface area contributed by atoms with Gasteiger partial charge in [0.15, 0.2) is 0 Å². The molecule has 1 aromatic rings. The molecular weight excluding hydrogens is 230 g/mol. The van der Waals surface area contributed by atoms with Gasteiger partial charge in [-0.3, -0.25) is 0 Å². The van der Waals surface area contributed by atoms with E-state index in [1.807, 2.05) is 6.20 Å². The zero-order chi connectivity index (χ0) is 12.5. The summed E-state index contributed by atoms with van der Waals surface area (Å²) in [4.78, 5) is 5.85. The van der Waals surface area contributed by atoms with Gasteiger partial charge in [-0.15, -0.1) is 11.3 Å². The van der Waals surface area contributed by atoms with Crippen molar-refractivity contribution in [2.75, 3.05) is 6.61 Å². The van der Waals surface area contributed by atoms with Gasteiger partial charge in [-0.1, -0.05) is 13.8 Å². The van der Waals surface area contributed by atoms with Crippen LogP contribution in [0.5, 0.6) is 0 Å². The van der Waals surface area contributed by atoms with E-state index in [1.165, 1.54) is 22.7 Å². The predicted octanol–water partition coefficient (Wildman–Crippen LogP) is 4.28. The Hall–Kier alpha value is -0.410. The van der Waals surface area contributed by atoms with Crippen LogP contribution in [-0.4, -0.2) is 11.6 Å². The van der Waals surface area contributed by atoms with Crippen molar-refractivity contribution in [1.82, 2.24) is 4.98 Å². The summed E-state index contributed by atoms with van der Waals surface area (Å²) in [7, 11) is 0. The molecule has 1 aliphatic rings. The highest BCUT2D eigenvalue weighted by atomic mass is 32.1. The lowest BCUT2D eigenvalue weighted by Crippen LogP contribution is -2.37. The van der Waals surface area contributed by atoms with Crippen molar-refractivity contribution in [1.29, 1.82) is 0 Å². The van der Waals surface area contributed by atoms with Crippen LogP contribution in [0.25, 0.3) is 0 Å². The molecule has 0 aromatic carbocycles. The molecule has 2 nitrogen and oxygen atoms in total. The zero-order valence-electron chi connectivity index (χ0n) is 11.4. The molecule has 0 amide bonds. The smallest absolute Gasteiger partial charge is 0.125 e. The maximum absolute atomic E-state index is 6.11. The molecule has 0 unspecified atom stereocenters. The molecule has 0 aliphatic heterocycles. The summed E-state index contributed by atoms with van der Waals surface area (Å²) in [5.41, 5.74) is 0.371. The Morgan fingerprint density at radius 1 is 1.29 bits per heavy atom. The van der Waals surface area contributed by atoms with Crippen LogP contribution in [0.4, 0.5) is 0 Å². The van der Waals surface area contributed by atoms with Gasteiger partial charge in [0.2, 0.25) is 0 Å². The van der Waals surface area contributed by atoms with E-state index in [0.717, 1.165) is 19.4 Å². The molecule has 1 saturated carbocycles. The second kappa shape index (κ2) is 4.69. The Morgan fingerprint density at radius 2 is 1.94 bits per heavy atom. The average molecular weight is 253 g/mol. The number of ether oxygens (including phenoxy) is 1. The van der Waals surface area contributed by atoms with Crippen molar-refractivity contribution in [3.63, 3.8) is 0 Å². The molecule has 3 heteroatoms. The summed E-state index contributed by atoms with van der Waals surface area (Å²) in [5, 5.41) is 1.19. The van der Waals surface area contributed by atoms with E-state index >= 15 is 0 Å². The fraction of sp³-hybridized carbons (Fsp3) is 0.786. The number of hydrogen-bond donors (Lipinski definition) is 0. The minimum absolute atomic E-state index is 0.0941. The highest BCUT2D eigenvalue weighted by Crippen LogP contribution is 2.48. The number of hydrogen-bond acceptors (Lipinski definition) is 3. The largest absolute Gasteiger partial charge is 0.368 e. The van der Waals surface area contributed by atoms with Gasteiger partial charge >= 0.3 is 0 Å². The van der Waals surface area contributed by atoms with E-state index in [1.54, 1.807) is 11.3 Å². The van der Waals surface area contributed by atoms with Gasteiger partial charge in [0.25, 0.3) is 0 Å². The summed E-state index contributed by atoms with van der Waals surface area (Å²) in [6, 6.07) is 0. The zero-order valence-corrected chi connectivity index (χ0v) is 12.2. The van der Waals surface area contributed by atoms with Crippen molar-refractivity contribution in [2.24, 2.45) is 5.41 Å². The standard InChI is InChI=1S/C14H23NOS/c1-5-16-14(12-15-10-11(2)17-12)8-6-13(3,4)7-9-14/h10H,5-9H2,1-4H3. The minimum atomic E-state index is -0.0941. The van der Waals surface area contributed by atoms with Gasteiger partial charge in [0.1, 0.15) is 10.6 Å². The van der Waals surface area contributed by atoms with E-state index in [0.29, 0.717) is 5.41 Å². The van der Waals surface area contributed by atoms with Crippen molar-refractivity contribution in [3.8, 4) is 0 Å². The van der Waals surface area contributed by atoms with Gasteiger partial charge in [0, 0.05) is 17.7 Å². The summed E-state index contributed by atoms with van der Waals surface area (Å²) in [6.07, 6.45) is 6.65. The van der Waals surface area contributed by atoms with Gasteiger partial charge in [-0.05, 0) is 44.9 Å². The normalized spacial score (nSPS) is 22.6. The molecule has 2 rings (SSSR count). The van der Waals surface area contributed by atoms with Crippen molar-refractivity contribution in [2.45, 2.75) is 59.0 Å². The quantitative estimate of drug-likeness (QED) is 0.802. The number of thiazole rings is 1. The van der Waals surface area contributed by atoms with Crippen LogP contribution in [0, 0.1) is 12.3 Å². The lowest BCUT2D eigenvalue weighted by molar-refractivity contribution is -0.0890. The first kappa shape index (κ1) is 13.0. The molecule has 0 bridgehead atoms. The number of aromatic nitrogens is 1. The topological polar surface area (TPSA) is 22.1 Å². The van der Waals surface area contributed by atoms with Crippen LogP contribution in [0.3, 0.4) is 0 Å². The molecule has 1 fully saturated rings. The molecule has 0 atom stereocenters. The van der Waals surface area contributed by atoms with E-state index in [2.05, 4.69) is 32.7 Å². The third-order valence-electron chi connectivity index (χ3n) is 3.84. The third-order valence-corrected chi connectivity index (χ3v) is 4.94. The first-order valence-corrected chi connectivity index (χ1v) is 7.36. The fourth-order valence-corrected chi connectivity index (χ4v) is 3.56. The van der Waals surface area contributed by atoms with Crippen LogP contribution in [0.2, 0.25) is 0 Å². The van der Waals surface area contributed by atoms with Gasteiger partial charge in [-0.25, -0.2) is 4.98 Å². The Labute approximate surface area is 108 Å². The molecule has 1 aliphatic carbocycles. The number of aryl methyl sites for hydroxylation is 1. The Kier molecular flexibility index (Phi) is 3.60. The fourth-order valence-electron chi connectivity index (χ4n) is 2.59. The predicted molar refractivity (Wildman–Crippen MR) is 72.4 cm³/mol. The Bertz CT molecular complexity index is 373. The second-order valence-electron chi connectivity index (χ2n) is 5.87. The summed E-state index contributed by atoms with van der Waals surface area (Å²) in [6.45, 7) is 9.69. The lowest BCUT2D eigenvalue weighted by atomic mass is 9.71. The lowest BCUT2D eigenvalue weighted by Gasteiger charge is -2.42. The molecule has 1 heterocycles. The minimum Gasteiger partial charge on any atom is -0.368 e. The Morgan fingerprint density at radius 3 is 2.41 bits per heavy atom. The molecule has 96 valence electrons. The van der Waals surface area contributed by atoms with Crippen molar-refractivity contribution < 1.29 is 4.74 Å². The average Bonchev–Trinajstić information content (AvgIpc) is 2.69. The number of nitrogens with zero attached hydrogens (tertiary/aromatic N) is 1. The molecule has 0 N–H and O–H groups in total. The number of rotatable bonds is 3. The summed E-state index contributed by atoms with van der Waals surface area (Å²) < 4.78 is 6.11. The maximum atomic E-state index is 6.11. The van der Waals surface area contributed by atoms with Crippen LogP contribution < -0.4 is 0 Å². The van der Waals surface area contributed by atoms with Gasteiger partial charge in [0.05, 0.1) is 0 Å². The van der Waals surface area contributed by atoms with Crippen LogP contribution in [-0.2, 0) is 10.3 Å². The van der Waals surface area contributed by atoms with Crippen LogP contribution in [0.15, 0.2) is 6.20 Å². The monoisotopic (exact) mass is 253 g/mol. The molecule has 1 aromatic heterocycles. The van der Waals surface area contributed by atoms with Crippen LogP contribution in [0.1, 0.15) is 56.3 Å². The molecule has 0 saturated heterocycles. The SMILES string of the molecule is CCOC1(c2ncc(C)s2)CCC(C)(C)CC1. The highest BCUT2D eigenvalue weighted by Gasteiger charge is 2.42. The summed E-state index contributed by atoms with van der Waals surface area (Å²) >= 11 is 1.80.